The maximum atomic E-state index is 12.4. The summed E-state index contributed by atoms with van der Waals surface area (Å²) in [5.74, 6) is 2.27. The van der Waals surface area contributed by atoms with Crippen molar-refractivity contribution in [1.82, 2.24) is 20.7 Å². The summed E-state index contributed by atoms with van der Waals surface area (Å²) in [6.07, 6.45) is 2.26. The number of carbonyl (C=O) groups is 1. The van der Waals surface area contributed by atoms with E-state index < -0.39 is 5.66 Å². The van der Waals surface area contributed by atoms with Gasteiger partial charge in [0.25, 0.3) is 0 Å². The summed E-state index contributed by atoms with van der Waals surface area (Å²) in [7, 11) is 0. The van der Waals surface area contributed by atoms with Gasteiger partial charge in [0.15, 0.2) is 5.66 Å². The zero-order valence-corrected chi connectivity index (χ0v) is 16.2. The van der Waals surface area contributed by atoms with Crippen LogP contribution < -0.4 is 10.6 Å². The van der Waals surface area contributed by atoms with Crippen LogP contribution in [0.25, 0.3) is 0 Å². The van der Waals surface area contributed by atoms with Crippen molar-refractivity contribution in [3.8, 4) is 0 Å². The molecule has 1 aromatic carbocycles. The van der Waals surface area contributed by atoms with Crippen molar-refractivity contribution in [3.63, 3.8) is 0 Å². The van der Waals surface area contributed by atoms with Crippen molar-refractivity contribution in [2.75, 3.05) is 24.7 Å². The third-order valence-corrected chi connectivity index (χ3v) is 9.75. The minimum absolute atomic E-state index is 0.0309. The molecular formula is C18H24N4O2S2. The van der Waals surface area contributed by atoms with Crippen molar-refractivity contribution in [2.24, 2.45) is 0 Å². The Morgan fingerprint density at radius 1 is 1.23 bits per heavy atom. The van der Waals surface area contributed by atoms with Crippen molar-refractivity contribution in [1.29, 1.82) is 0 Å². The van der Waals surface area contributed by atoms with Gasteiger partial charge in [-0.1, -0.05) is 30.3 Å². The predicted molar refractivity (Wildman–Crippen MR) is 105 cm³/mol. The minimum atomic E-state index is -0.456. The highest BCUT2D eigenvalue weighted by Gasteiger charge is 2.74. The molecule has 26 heavy (non-hydrogen) atoms. The Labute approximate surface area is 162 Å². The molecule has 3 N–H and O–H groups in total. The Morgan fingerprint density at radius 3 is 2.73 bits per heavy atom. The Morgan fingerprint density at radius 2 is 2.00 bits per heavy atom. The zero-order valence-electron chi connectivity index (χ0n) is 14.6. The SMILES string of the molecule is O=C1NC2C(CO)N(Cc3ccccc3)N3CCC4(SCCCS4)C23N1. The molecule has 4 heterocycles. The number of thioether (sulfide) groups is 2. The van der Waals surface area contributed by atoms with Gasteiger partial charge in [0.05, 0.1) is 18.7 Å². The Balaban J connectivity index is 1.55. The molecule has 3 atom stereocenters. The monoisotopic (exact) mass is 392 g/mol. The average Bonchev–Trinajstić information content (AvgIpc) is 3.23. The van der Waals surface area contributed by atoms with Crippen molar-refractivity contribution >= 4 is 29.6 Å². The molecule has 3 unspecified atom stereocenters. The minimum Gasteiger partial charge on any atom is -0.395 e. The second kappa shape index (κ2) is 6.31. The largest absolute Gasteiger partial charge is 0.395 e. The third-order valence-electron chi connectivity index (χ3n) is 6.09. The van der Waals surface area contributed by atoms with E-state index in [1.54, 1.807) is 0 Å². The summed E-state index contributed by atoms with van der Waals surface area (Å²) in [6.45, 7) is 1.68. The van der Waals surface area contributed by atoms with E-state index in [0.717, 1.165) is 31.0 Å². The molecule has 4 aliphatic rings. The lowest BCUT2D eigenvalue weighted by molar-refractivity contribution is -0.0606. The van der Waals surface area contributed by atoms with Crippen LogP contribution >= 0.6 is 23.5 Å². The van der Waals surface area contributed by atoms with Gasteiger partial charge >= 0.3 is 6.03 Å². The smallest absolute Gasteiger partial charge is 0.316 e. The predicted octanol–water partition coefficient (Wildman–Crippen LogP) is 1.43. The number of urea groups is 1. The van der Waals surface area contributed by atoms with E-state index in [0.29, 0.717) is 0 Å². The average molecular weight is 393 g/mol. The van der Waals surface area contributed by atoms with Gasteiger partial charge in [-0.3, -0.25) is 0 Å². The lowest BCUT2D eigenvalue weighted by atomic mass is 9.94. The molecule has 6 nitrogen and oxygen atoms in total. The molecule has 140 valence electrons. The number of amides is 2. The maximum absolute atomic E-state index is 12.4. The van der Waals surface area contributed by atoms with Crippen LogP contribution in [0.2, 0.25) is 0 Å². The van der Waals surface area contributed by atoms with E-state index in [1.807, 2.05) is 41.7 Å². The van der Waals surface area contributed by atoms with Crippen LogP contribution in [0.3, 0.4) is 0 Å². The molecule has 8 heteroatoms. The van der Waals surface area contributed by atoms with Crippen LogP contribution in [0.5, 0.6) is 0 Å². The highest BCUT2D eigenvalue weighted by atomic mass is 32.2. The standard InChI is InChI=1S/C18H24N4O2S2/c23-12-14-15-18(20-16(24)19-15)17(25-9-4-10-26-17)7-8-22(18)21(14)11-13-5-2-1-3-6-13/h1-3,5-6,14-15,23H,4,7-12H2,(H2,19,20,24). The van der Waals surface area contributed by atoms with Gasteiger partial charge in [0, 0.05) is 13.1 Å². The summed E-state index contributed by atoms with van der Waals surface area (Å²) >= 11 is 4.00. The first-order valence-corrected chi connectivity index (χ1v) is 11.2. The van der Waals surface area contributed by atoms with Crippen LogP contribution in [-0.2, 0) is 6.54 Å². The Kier molecular flexibility index (Phi) is 4.17. The molecule has 0 aromatic heterocycles. The summed E-state index contributed by atoms with van der Waals surface area (Å²) in [4.78, 5) is 12.4. The van der Waals surface area contributed by atoms with E-state index in [9.17, 15) is 9.90 Å². The molecule has 4 fully saturated rings. The van der Waals surface area contributed by atoms with Gasteiger partial charge in [-0.15, -0.1) is 23.5 Å². The van der Waals surface area contributed by atoms with Crippen molar-refractivity contribution in [2.45, 2.75) is 41.2 Å². The van der Waals surface area contributed by atoms with E-state index in [-0.39, 0.29) is 28.8 Å². The quantitative estimate of drug-likeness (QED) is 0.723. The first-order valence-electron chi connectivity index (χ1n) is 9.26. The molecule has 2 amide bonds. The number of hydrazine groups is 1. The van der Waals surface area contributed by atoms with Crippen molar-refractivity contribution < 1.29 is 9.90 Å². The molecule has 2 spiro atoms. The molecule has 1 aromatic rings. The van der Waals surface area contributed by atoms with Crippen LogP contribution in [0.15, 0.2) is 30.3 Å². The van der Waals surface area contributed by atoms with Gasteiger partial charge in [0.1, 0.15) is 4.08 Å². The highest BCUT2D eigenvalue weighted by Crippen LogP contribution is 2.61. The molecular weight excluding hydrogens is 368 g/mol. The summed E-state index contributed by atoms with van der Waals surface area (Å²) < 4.78 is -0.0477. The van der Waals surface area contributed by atoms with E-state index >= 15 is 0 Å². The fourth-order valence-corrected chi connectivity index (χ4v) is 8.81. The van der Waals surface area contributed by atoms with Crippen molar-refractivity contribution in [3.05, 3.63) is 35.9 Å². The van der Waals surface area contributed by atoms with Crippen LogP contribution in [0.4, 0.5) is 4.79 Å². The number of rotatable bonds is 3. The summed E-state index contributed by atoms with van der Waals surface area (Å²) in [5.41, 5.74) is 0.763. The Bertz CT molecular complexity index is 700. The van der Waals surface area contributed by atoms with Crippen LogP contribution in [0.1, 0.15) is 18.4 Å². The molecule has 0 aliphatic carbocycles. The number of carbonyl (C=O) groups excluding carboxylic acids is 1. The molecule has 4 aliphatic heterocycles. The number of hydrogen-bond acceptors (Lipinski definition) is 6. The number of aliphatic hydroxyl groups is 1. The first kappa shape index (κ1) is 17.2. The lowest BCUT2D eigenvalue weighted by Crippen LogP contribution is -2.66. The second-order valence-electron chi connectivity index (χ2n) is 7.35. The number of aliphatic hydroxyl groups excluding tert-OH is 1. The van der Waals surface area contributed by atoms with Gasteiger partial charge < -0.3 is 15.7 Å². The fraction of sp³-hybridized carbons (Fsp3) is 0.611. The lowest BCUT2D eigenvalue weighted by Gasteiger charge is -2.46. The fourth-order valence-electron chi connectivity index (χ4n) is 5.08. The zero-order chi connectivity index (χ0) is 17.8. The number of nitrogens with one attached hydrogen (secondary N) is 2. The topological polar surface area (TPSA) is 67.8 Å². The molecule has 4 saturated heterocycles. The summed E-state index contributed by atoms with van der Waals surface area (Å²) in [5, 5.41) is 21.3. The van der Waals surface area contributed by atoms with Crippen LogP contribution in [0, 0.1) is 0 Å². The van der Waals surface area contributed by atoms with E-state index in [4.69, 9.17) is 0 Å². The van der Waals surface area contributed by atoms with Gasteiger partial charge in [-0.25, -0.2) is 14.8 Å². The first-order chi connectivity index (χ1) is 12.7. The molecule has 5 rings (SSSR count). The molecule has 0 bridgehead atoms. The van der Waals surface area contributed by atoms with Gasteiger partial charge in [0.2, 0.25) is 0 Å². The van der Waals surface area contributed by atoms with E-state index in [2.05, 4.69) is 32.8 Å². The number of nitrogens with zero attached hydrogens (tertiary/aromatic N) is 2. The maximum Gasteiger partial charge on any atom is 0.316 e. The third kappa shape index (κ3) is 2.22. The van der Waals surface area contributed by atoms with Gasteiger partial charge in [-0.05, 0) is 29.9 Å². The van der Waals surface area contributed by atoms with Crippen LogP contribution in [-0.4, -0.2) is 67.6 Å². The van der Waals surface area contributed by atoms with E-state index in [1.165, 1.54) is 12.0 Å². The highest BCUT2D eigenvalue weighted by molar-refractivity contribution is 8.19. The molecule has 0 radical (unpaired) electrons. The number of benzene rings is 1. The number of hydrogen-bond donors (Lipinski definition) is 3. The summed E-state index contributed by atoms with van der Waals surface area (Å²) in [6, 6.07) is 10.0. The molecule has 0 saturated carbocycles. The van der Waals surface area contributed by atoms with Gasteiger partial charge in [-0.2, -0.15) is 0 Å². The normalized spacial score (nSPS) is 36.0. The second-order valence-corrected chi connectivity index (χ2v) is 10.4. The Hall–Kier alpha value is -0.930.